The average Bonchev–Trinajstić information content (AvgIpc) is 2.48. The van der Waals surface area contributed by atoms with E-state index in [0.717, 1.165) is 11.3 Å². The highest BCUT2D eigenvalue weighted by Crippen LogP contribution is 2.29. The summed E-state index contributed by atoms with van der Waals surface area (Å²) < 4.78 is 0. The van der Waals surface area contributed by atoms with Crippen LogP contribution in [0.25, 0.3) is 0 Å². The first-order chi connectivity index (χ1) is 9.24. The number of carbonyl (C=O) groups excluding carboxylic acids is 1. The number of rotatable bonds is 5. The second-order valence-electron chi connectivity index (χ2n) is 5.16. The van der Waals surface area contributed by atoms with Crippen LogP contribution in [0.15, 0.2) is 24.3 Å². The van der Waals surface area contributed by atoms with E-state index >= 15 is 0 Å². The Bertz CT molecular complexity index is 415. The molecule has 0 aromatic heterocycles. The van der Waals surface area contributed by atoms with E-state index in [4.69, 9.17) is 0 Å². The highest BCUT2D eigenvalue weighted by molar-refractivity contribution is 7.99. The van der Waals surface area contributed by atoms with Crippen molar-refractivity contribution in [1.29, 1.82) is 0 Å². The third-order valence-corrected chi connectivity index (χ3v) is 5.06. The van der Waals surface area contributed by atoms with Crippen molar-refractivity contribution >= 4 is 23.2 Å². The molecule has 0 heterocycles. The molecule has 19 heavy (non-hydrogen) atoms. The normalized spacial score (nSPS) is 23.1. The third kappa shape index (κ3) is 3.75. The molecule has 1 aliphatic rings. The molecule has 104 valence electrons. The molecule has 3 heteroatoms. The number of carbonyl (C=O) groups is 1. The van der Waals surface area contributed by atoms with E-state index in [1.165, 1.54) is 25.7 Å². The number of hydrogen-bond acceptors (Lipinski definition) is 3. The summed E-state index contributed by atoms with van der Waals surface area (Å²) in [5.41, 5.74) is 1.96. The van der Waals surface area contributed by atoms with Gasteiger partial charge in [0.05, 0.1) is 0 Å². The maximum absolute atomic E-state index is 11.6. The predicted octanol–water partition coefficient (Wildman–Crippen LogP) is 4.37. The largest absolute Gasteiger partial charge is 0.381 e. The van der Waals surface area contributed by atoms with Crippen molar-refractivity contribution in [1.82, 2.24) is 0 Å². The van der Waals surface area contributed by atoms with Crippen LogP contribution >= 0.6 is 11.8 Å². The number of hydrogen-bond donors (Lipinski definition) is 1. The van der Waals surface area contributed by atoms with Crippen molar-refractivity contribution < 1.29 is 4.79 Å². The lowest BCUT2D eigenvalue weighted by atomic mass is 9.94. The third-order valence-electron chi connectivity index (χ3n) is 3.89. The molecule has 2 nitrogen and oxygen atoms in total. The second-order valence-corrected chi connectivity index (χ2v) is 6.24. The number of anilines is 1. The molecule has 0 bridgehead atoms. The number of nitrogens with one attached hydrogen (secondary N) is 1. The molecule has 1 N–H and O–H groups in total. The van der Waals surface area contributed by atoms with Crippen LogP contribution in [0.1, 0.15) is 49.4 Å². The summed E-state index contributed by atoms with van der Waals surface area (Å²) in [4.78, 5) is 11.6. The fraction of sp³-hybridized carbons (Fsp3) is 0.562. The first-order valence-electron chi connectivity index (χ1n) is 7.17. The van der Waals surface area contributed by atoms with Gasteiger partial charge in [0.25, 0.3) is 0 Å². The molecule has 0 radical (unpaired) electrons. The fourth-order valence-corrected chi connectivity index (χ4v) is 3.65. The lowest BCUT2D eigenvalue weighted by Gasteiger charge is -2.31. The molecule has 1 aliphatic carbocycles. The smallest absolute Gasteiger partial charge is 0.162 e. The van der Waals surface area contributed by atoms with E-state index in [-0.39, 0.29) is 5.78 Å². The molecule has 1 aromatic carbocycles. The summed E-state index contributed by atoms with van der Waals surface area (Å²) in [7, 11) is 0. The molecular weight excluding hydrogens is 254 g/mol. The predicted molar refractivity (Wildman–Crippen MR) is 84.2 cm³/mol. The number of thioether (sulfide) groups is 1. The zero-order valence-electron chi connectivity index (χ0n) is 11.8. The first kappa shape index (κ1) is 14.4. The van der Waals surface area contributed by atoms with Crippen LogP contribution in [0.3, 0.4) is 0 Å². The van der Waals surface area contributed by atoms with Gasteiger partial charge in [-0.05, 0) is 43.4 Å². The Balaban J connectivity index is 2.00. The van der Waals surface area contributed by atoms with E-state index in [1.54, 1.807) is 0 Å². The summed E-state index contributed by atoms with van der Waals surface area (Å²) in [6, 6.07) is 8.51. The minimum atomic E-state index is 0.214. The topological polar surface area (TPSA) is 29.1 Å². The molecule has 1 saturated carbocycles. The van der Waals surface area contributed by atoms with Crippen LogP contribution in [-0.4, -0.2) is 23.3 Å². The van der Waals surface area contributed by atoms with Crippen molar-refractivity contribution in [2.24, 2.45) is 0 Å². The Morgan fingerprint density at radius 1 is 1.26 bits per heavy atom. The van der Waals surface area contributed by atoms with Gasteiger partial charge in [0, 0.05) is 29.0 Å². The monoisotopic (exact) mass is 277 g/mol. The summed E-state index contributed by atoms with van der Waals surface area (Å²) in [6.07, 6.45) is 8.01. The lowest BCUT2D eigenvalue weighted by Crippen LogP contribution is -2.34. The molecule has 2 unspecified atom stereocenters. The maximum atomic E-state index is 11.6. The van der Waals surface area contributed by atoms with E-state index in [1.807, 2.05) is 43.0 Å². The molecule has 1 aromatic rings. The molecule has 0 aliphatic heterocycles. The van der Waals surface area contributed by atoms with Crippen LogP contribution in [0.5, 0.6) is 0 Å². The van der Waals surface area contributed by atoms with E-state index in [2.05, 4.69) is 11.6 Å². The summed E-state index contributed by atoms with van der Waals surface area (Å²) in [6.45, 7) is 1.90. The van der Waals surface area contributed by atoms with E-state index in [9.17, 15) is 4.79 Å². The molecule has 0 amide bonds. The molecule has 2 atom stereocenters. The number of Topliss-reactive ketones (excluding diaryl/α,β-unsaturated/α-hetero) is 1. The van der Waals surface area contributed by atoms with Crippen molar-refractivity contribution in [3.05, 3.63) is 29.8 Å². The maximum Gasteiger partial charge on any atom is 0.162 e. The van der Waals surface area contributed by atoms with Gasteiger partial charge in [-0.25, -0.2) is 0 Å². The number of benzene rings is 1. The van der Waals surface area contributed by atoms with Crippen LogP contribution < -0.4 is 5.32 Å². The fourth-order valence-electron chi connectivity index (χ4n) is 2.71. The van der Waals surface area contributed by atoms with E-state index in [0.29, 0.717) is 17.7 Å². The Morgan fingerprint density at radius 2 is 1.95 bits per heavy atom. The summed E-state index contributed by atoms with van der Waals surface area (Å²) in [5, 5.41) is 4.35. The van der Waals surface area contributed by atoms with Gasteiger partial charge >= 0.3 is 0 Å². The van der Waals surface area contributed by atoms with Gasteiger partial charge < -0.3 is 5.32 Å². The highest BCUT2D eigenvalue weighted by Gasteiger charge is 2.23. The Morgan fingerprint density at radius 3 is 2.58 bits per heavy atom. The van der Waals surface area contributed by atoms with Crippen LogP contribution in [0, 0.1) is 0 Å². The summed E-state index contributed by atoms with van der Waals surface area (Å²) in [5.74, 6) is 0.214. The first-order valence-corrected chi connectivity index (χ1v) is 8.46. The molecule has 0 saturated heterocycles. The zero-order valence-corrected chi connectivity index (χ0v) is 12.6. The molecule has 0 spiro atoms. The van der Waals surface area contributed by atoms with Crippen molar-refractivity contribution in [3.8, 4) is 0 Å². The van der Waals surface area contributed by atoms with Gasteiger partial charge in [-0.2, -0.15) is 11.8 Å². The Hall–Kier alpha value is -0.960. The zero-order chi connectivity index (χ0) is 13.7. The molecule has 2 rings (SSSR count). The van der Waals surface area contributed by atoms with Crippen LogP contribution in [0.2, 0.25) is 0 Å². The van der Waals surface area contributed by atoms with Gasteiger partial charge in [0.2, 0.25) is 0 Å². The lowest BCUT2D eigenvalue weighted by molar-refractivity contribution is 0.0988. The summed E-state index contributed by atoms with van der Waals surface area (Å²) >= 11 is 1.97. The van der Waals surface area contributed by atoms with Gasteiger partial charge in [-0.15, -0.1) is 0 Å². The van der Waals surface area contributed by atoms with Crippen LogP contribution in [0.4, 0.5) is 5.69 Å². The second kappa shape index (κ2) is 6.99. The number of ketones is 1. The van der Waals surface area contributed by atoms with Crippen molar-refractivity contribution in [2.75, 3.05) is 11.6 Å². The van der Waals surface area contributed by atoms with Crippen molar-refractivity contribution in [2.45, 2.75) is 50.3 Å². The highest BCUT2D eigenvalue weighted by atomic mass is 32.2. The van der Waals surface area contributed by atoms with Gasteiger partial charge in [-0.3, -0.25) is 4.79 Å². The van der Waals surface area contributed by atoms with Gasteiger partial charge in [0.1, 0.15) is 0 Å². The standard InChI is InChI=1S/C16H23NOS/c1-3-15(18)12-8-10-13(11-9-12)17-14-6-4-5-7-16(14)19-2/h8-11,14,16-17H,3-7H2,1-2H3. The molecule has 1 fully saturated rings. The van der Waals surface area contributed by atoms with Gasteiger partial charge in [-0.1, -0.05) is 19.8 Å². The minimum absolute atomic E-state index is 0.214. The van der Waals surface area contributed by atoms with Crippen LogP contribution in [-0.2, 0) is 0 Å². The Kier molecular flexibility index (Phi) is 5.32. The van der Waals surface area contributed by atoms with Crippen molar-refractivity contribution in [3.63, 3.8) is 0 Å². The average molecular weight is 277 g/mol. The minimum Gasteiger partial charge on any atom is -0.381 e. The quantitative estimate of drug-likeness (QED) is 0.811. The SMILES string of the molecule is CCC(=O)c1ccc(NC2CCCCC2SC)cc1. The van der Waals surface area contributed by atoms with Gasteiger partial charge in [0.15, 0.2) is 5.78 Å². The van der Waals surface area contributed by atoms with E-state index < -0.39 is 0 Å². The Labute approximate surface area is 120 Å². The molecular formula is C16H23NOS.